The molecular weight excluding hydrogens is 226 g/mol. The van der Waals surface area contributed by atoms with E-state index in [4.69, 9.17) is 9.47 Å². The Morgan fingerprint density at radius 1 is 1.35 bits per heavy atom. The van der Waals surface area contributed by atoms with Crippen molar-refractivity contribution in [3.63, 3.8) is 0 Å². The highest BCUT2D eigenvalue weighted by molar-refractivity contribution is 6.16. The molecule has 0 aromatic heterocycles. The summed E-state index contributed by atoms with van der Waals surface area (Å²) in [6.45, 7) is 5.11. The number of ketones is 2. The van der Waals surface area contributed by atoms with Crippen LogP contribution < -0.4 is 5.32 Å². The third-order valence-corrected chi connectivity index (χ3v) is 2.22. The van der Waals surface area contributed by atoms with Crippen LogP contribution in [-0.4, -0.2) is 35.5 Å². The average Bonchev–Trinajstić information content (AvgIpc) is 2.90. The topological polar surface area (TPSA) is 85.0 Å². The zero-order valence-electron chi connectivity index (χ0n) is 9.77. The van der Waals surface area contributed by atoms with Crippen LogP contribution in [0.1, 0.15) is 20.8 Å². The molecular formula is C11H13NO5. The van der Waals surface area contributed by atoms with Crippen molar-refractivity contribution in [2.75, 3.05) is 0 Å². The molecule has 1 aliphatic carbocycles. The number of ether oxygens (including phenoxy) is 2. The van der Waals surface area contributed by atoms with E-state index >= 15 is 0 Å². The van der Waals surface area contributed by atoms with Gasteiger partial charge in [0, 0.05) is 6.08 Å². The van der Waals surface area contributed by atoms with Crippen LogP contribution in [0.2, 0.25) is 0 Å². The normalized spacial score (nSPS) is 27.1. The van der Waals surface area contributed by atoms with Gasteiger partial charge in [0.15, 0.2) is 18.0 Å². The number of epoxide rings is 1. The Morgan fingerprint density at radius 2 is 2.00 bits per heavy atom. The van der Waals surface area contributed by atoms with E-state index in [1.165, 1.54) is 0 Å². The van der Waals surface area contributed by atoms with E-state index in [2.05, 4.69) is 5.32 Å². The maximum absolute atomic E-state index is 11.6. The molecule has 0 aromatic rings. The number of fused-ring (bicyclic) bond motifs is 1. The van der Waals surface area contributed by atoms with Gasteiger partial charge in [0.05, 0.1) is 5.70 Å². The van der Waals surface area contributed by atoms with Crippen LogP contribution in [0, 0.1) is 0 Å². The average molecular weight is 239 g/mol. The first kappa shape index (κ1) is 11.8. The summed E-state index contributed by atoms with van der Waals surface area (Å²) in [5.41, 5.74) is -0.728. The second kappa shape index (κ2) is 3.66. The molecule has 92 valence electrons. The van der Waals surface area contributed by atoms with Crippen LogP contribution in [0.15, 0.2) is 11.8 Å². The molecule has 6 heteroatoms. The molecule has 17 heavy (non-hydrogen) atoms. The van der Waals surface area contributed by atoms with Crippen molar-refractivity contribution >= 4 is 17.7 Å². The lowest BCUT2D eigenvalue weighted by Gasteiger charge is -2.20. The lowest BCUT2D eigenvalue weighted by molar-refractivity contribution is -0.120. The second-order valence-corrected chi connectivity index (χ2v) is 4.93. The molecule has 0 radical (unpaired) electrons. The van der Waals surface area contributed by atoms with Crippen molar-refractivity contribution < 1.29 is 23.9 Å². The Labute approximate surface area is 97.9 Å². The highest BCUT2D eigenvalue weighted by atomic mass is 16.6. The van der Waals surface area contributed by atoms with Gasteiger partial charge in [-0.15, -0.1) is 0 Å². The van der Waals surface area contributed by atoms with Gasteiger partial charge in [-0.1, -0.05) is 0 Å². The first-order chi connectivity index (χ1) is 7.78. The van der Waals surface area contributed by atoms with Crippen LogP contribution in [-0.2, 0) is 19.1 Å². The Bertz CT molecular complexity index is 432. The van der Waals surface area contributed by atoms with E-state index in [-0.39, 0.29) is 17.3 Å². The summed E-state index contributed by atoms with van der Waals surface area (Å²) >= 11 is 0. The van der Waals surface area contributed by atoms with Crippen molar-refractivity contribution in [2.45, 2.75) is 38.6 Å². The van der Waals surface area contributed by atoms with E-state index < -0.39 is 23.9 Å². The molecule has 2 unspecified atom stereocenters. The zero-order chi connectivity index (χ0) is 12.8. The summed E-state index contributed by atoms with van der Waals surface area (Å²) in [5.74, 6) is -0.693. The van der Waals surface area contributed by atoms with E-state index in [0.29, 0.717) is 0 Å². The van der Waals surface area contributed by atoms with Gasteiger partial charge >= 0.3 is 6.09 Å². The van der Waals surface area contributed by atoms with Crippen molar-refractivity contribution in [1.29, 1.82) is 0 Å². The molecule has 1 amide bonds. The van der Waals surface area contributed by atoms with E-state index in [1.54, 1.807) is 20.8 Å². The van der Waals surface area contributed by atoms with Gasteiger partial charge in [0.2, 0.25) is 5.78 Å². The van der Waals surface area contributed by atoms with Gasteiger partial charge in [0.25, 0.3) is 0 Å². The number of rotatable bonds is 1. The van der Waals surface area contributed by atoms with Crippen molar-refractivity contribution in [3.8, 4) is 0 Å². The molecule has 0 spiro atoms. The fraction of sp³-hybridized carbons (Fsp3) is 0.545. The Morgan fingerprint density at radius 3 is 2.59 bits per heavy atom. The third-order valence-electron chi connectivity index (χ3n) is 2.22. The molecule has 1 aliphatic heterocycles. The molecule has 0 aromatic carbocycles. The zero-order valence-corrected chi connectivity index (χ0v) is 9.77. The second-order valence-electron chi connectivity index (χ2n) is 4.93. The molecule has 2 atom stereocenters. The lowest BCUT2D eigenvalue weighted by atomic mass is 10.0. The molecule has 1 fully saturated rings. The van der Waals surface area contributed by atoms with Crippen LogP contribution in [0.5, 0.6) is 0 Å². The number of carbonyl (C=O) groups excluding carboxylic acids is 3. The predicted octanol–water partition coefficient (Wildman–Crippen LogP) is 0.314. The fourth-order valence-corrected chi connectivity index (χ4v) is 1.49. The van der Waals surface area contributed by atoms with Gasteiger partial charge in [-0.05, 0) is 20.8 Å². The smallest absolute Gasteiger partial charge is 0.412 e. The quantitative estimate of drug-likeness (QED) is 0.666. The van der Waals surface area contributed by atoms with E-state index in [9.17, 15) is 14.4 Å². The van der Waals surface area contributed by atoms with Crippen molar-refractivity contribution in [1.82, 2.24) is 5.32 Å². The molecule has 2 rings (SSSR count). The van der Waals surface area contributed by atoms with E-state index in [1.807, 2.05) is 0 Å². The summed E-state index contributed by atoms with van der Waals surface area (Å²) in [6, 6.07) is 0. The molecule has 6 nitrogen and oxygen atoms in total. The highest BCUT2D eigenvalue weighted by Gasteiger charge is 2.53. The summed E-state index contributed by atoms with van der Waals surface area (Å²) in [7, 11) is 0. The summed E-state index contributed by atoms with van der Waals surface area (Å²) in [4.78, 5) is 34.3. The summed E-state index contributed by atoms with van der Waals surface area (Å²) < 4.78 is 9.85. The Hall–Kier alpha value is -1.69. The maximum atomic E-state index is 11.6. The third kappa shape index (κ3) is 2.52. The standard InChI is InChI=1S/C11H13NO5/c1-11(2,3)17-10(15)12-5-4-6(13)8-9(16-8)7(5)14/h4,8-9H,1-3H3,(H,12,15). The minimum atomic E-state index is -0.760. The summed E-state index contributed by atoms with van der Waals surface area (Å²) in [5, 5.41) is 2.26. The first-order valence-electron chi connectivity index (χ1n) is 5.23. The molecule has 1 saturated heterocycles. The van der Waals surface area contributed by atoms with Gasteiger partial charge in [-0.25, -0.2) is 4.79 Å². The SMILES string of the molecule is CC(C)(C)OC(=O)NC1=CC(=O)C2OC2C1=O. The number of Topliss-reactive ketones (excluding diaryl/α,β-unsaturated/α-hetero) is 1. The monoisotopic (exact) mass is 239 g/mol. The number of hydrogen-bond donors (Lipinski definition) is 1. The van der Waals surface area contributed by atoms with Gasteiger partial charge < -0.3 is 9.47 Å². The first-order valence-corrected chi connectivity index (χ1v) is 5.23. The molecule has 1 heterocycles. The highest BCUT2D eigenvalue weighted by Crippen LogP contribution is 2.30. The molecule has 2 aliphatic rings. The number of nitrogens with one attached hydrogen (secondary N) is 1. The van der Waals surface area contributed by atoms with Gasteiger partial charge in [0.1, 0.15) is 5.60 Å². The number of alkyl carbamates (subject to hydrolysis) is 1. The molecule has 1 N–H and O–H groups in total. The number of carbonyl (C=O) groups is 3. The van der Waals surface area contributed by atoms with Crippen LogP contribution >= 0.6 is 0 Å². The molecule has 0 saturated carbocycles. The Kier molecular flexibility index (Phi) is 2.54. The fourth-order valence-electron chi connectivity index (χ4n) is 1.49. The van der Waals surface area contributed by atoms with Crippen LogP contribution in [0.4, 0.5) is 4.79 Å². The molecule has 0 bridgehead atoms. The minimum absolute atomic E-state index is 0.0667. The van der Waals surface area contributed by atoms with Crippen molar-refractivity contribution in [3.05, 3.63) is 11.8 Å². The number of hydrogen-bond acceptors (Lipinski definition) is 5. The predicted molar refractivity (Wildman–Crippen MR) is 56.1 cm³/mol. The summed E-state index contributed by atoms with van der Waals surface area (Å²) in [6.07, 6.45) is -1.05. The van der Waals surface area contributed by atoms with Crippen LogP contribution in [0.25, 0.3) is 0 Å². The van der Waals surface area contributed by atoms with Gasteiger partial charge in [-0.3, -0.25) is 14.9 Å². The lowest BCUT2D eigenvalue weighted by Crippen LogP contribution is -2.37. The van der Waals surface area contributed by atoms with Crippen molar-refractivity contribution in [2.24, 2.45) is 0 Å². The van der Waals surface area contributed by atoms with Gasteiger partial charge in [-0.2, -0.15) is 0 Å². The minimum Gasteiger partial charge on any atom is -0.444 e. The Balaban J connectivity index is 2.02. The van der Waals surface area contributed by atoms with Crippen LogP contribution in [0.3, 0.4) is 0 Å². The largest absolute Gasteiger partial charge is 0.444 e. The number of amides is 1. The maximum Gasteiger partial charge on any atom is 0.412 e. The van der Waals surface area contributed by atoms with E-state index in [0.717, 1.165) is 6.08 Å².